The number of hydrogen-bond acceptors (Lipinski definition) is 4. The molecule has 1 aliphatic heterocycles. The van der Waals surface area contributed by atoms with Gasteiger partial charge in [0.1, 0.15) is 0 Å². The van der Waals surface area contributed by atoms with Crippen LogP contribution < -0.4 is 0 Å². The lowest BCUT2D eigenvalue weighted by atomic mass is 10.1. The molecule has 1 N–H and O–H groups in total. The predicted molar refractivity (Wildman–Crippen MR) is 136 cm³/mol. The predicted octanol–water partition coefficient (Wildman–Crippen LogP) is 5.38. The fourth-order valence-corrected chi connectivity index (χ4v) is 3.39. The average Bonchev–Trinajstić information content (AvgIpc) is 3.33. The number of rotatable bonds is 7. The highest BCUT2D eigenvalue weighted by atomic mass is 35.5. The summed E-state index contributed by atoms with van der Waals surface area (Å²) in [5.41, 5.74) is 3.73. The lowest BCUT2D eigenvalue weighted by Crippen LogP contribution is -2.40. The summed E-state index contributed by atoms with van der Waals surface area (Å²) >= 11 is 6.25. The molecule has 1 amide bonds. The summed E-state index contributed by atoms with van der Waals surface area (Å²) in [6.07, 6.45) is 17.9. The molecule has 1 saturated heterocycles. The maximum atomic E-state index is 12.2. The third kappa shape index (κ3) is 7.90. The van der Waals surface area contributed by atoms with Gasteiger partial charge in [-0.2, -0.15) is 5.10 Å². The normalized spacial score (nSPS) is 15.0. The fraction of sp³-hybridized carbons (Fsp3) is 0.269. The summed E-state index contributed by atoms with van der Waals surface area (Å²) in [5, 5.41) is 7.88. The van der Waals surface area contributed by atoms with Gasteiger partial charge in [-0.25, -0.2) is 4.99 Å². The van der Waals surface area contributed by atoms with Crippen molar-refractivity contribution in [2.45, 2.75) is 20.3 Å². The van der Waals surface area contributed by atoms with E-state index >= 15 is 0 Å². The SMILES string of the molecule is C#C.C/C=C(C=Nc1cc(-c2ccccc2Cl)[nH]n1)/C(C)=C/C=C\CC(=O)N1CCOCC1. The number of benzene rings is 1. The molecule has 2 heterocycles. The highest BCUT2D eigenvalue weighted by Crippen LogP contribution is 2.28. The van der Waals surface area contributed by atoms with Crippen molar-refractivity contribution >= 4 is 29.5 Å². The number of ether oxygens (including phenoxy) is 1. The Hall–Kier alpha value is -3.40. The Labute approximate surface area is 200 Å². The lowest BCUT2D eigenvalue weighted by Gasteiger charge is -2.26. The Morgan fingerprint density at radius 3 is 2.73 bits per heavy atom. The molecule has 0 unspecified atom stereocenters. The van der Waals surface area contributed by atoms with Crippen molar-refractivity contribution in [2.75, 3.05) is 26.3 Å². The van der Waals surface area contributed by atoms with Crippen LogP contribution in [0.25, 0.3) is 11.3 Å². The monoisotopic (exact) mass is 464 g/mol. The molecule has 2 aromatic rings. The van der Waals surface area contributed by atoms with Gasteiger partial charge in [-0.05, 0) is 31.1 Å². The standard InChI is InChI=1S/C24H27ClN4O2.C2H2/c1-3-19(18(2)8-4-7-11-24(30)29-12-14-31-15-13-29)17-26-23-16-22(27-28-23)20-9-5-6-10-21(20)25;1-2/h3-10,16-17H,11-15H2,1-2H3,(H,27,28);1-2H/b7-4-,18-8+,19-3+,26-17?;. The Bertz CT molecular complexity index is 1060. The van der Waals surface area contributed by atoms with Crippen molar-refractivity contribution in [1.82, 2.24) is 15.1 Å². The number of carbonyl (C=O) groups excluding carboxylic acids is 1. The summed E-state index contributed by atoms with van der Waals surface area (Å²) in [6.45, 7) is 6.56. The van der Waals surface area contributed by atoms with Crippen molar-refractivity contribution < 1.29 is 9.53 Å². The number of halogens is 1. The zero-order valence-corrected chi connectivity index (χ0v) is 19.8. The van der Waals surface area contributed by atoms with E-state index in [1.54, 1.807) is 6.21 Å². The number of aromatic nitrogens is 2. The van der Waals surface area contributed by atoms with Gasteiger partial charge < -0.3 is 9.64 Å². The van der Waals surface area contributed by atoms with Gasteiger partial charge in [0.2, 0.25) is 5.91 Å². The van der Waals surface area contributed by atoms with Crippen molar-refractivity contribution in [1.29, 1.82) is 0 Å². The molecule has 1 fully saturated rings. The van der Waals surface area contributed by atoms with Gasteiger partial charge in [0.05, 0.1) is 18.9 Å². The first-order chi connectivity index (χ1) is 16.1. The largest absolute Gasteiger partial charge is 0.378 e. The topological polar surface area (TPSA) is 70.6 Å². The van der Waals surface area contributed by atoms with Crippen molar-refractivity contribution in [2.24, 2.45) is 4.99 Å². The van der Waals surface area contributed by atoms with E-state index < -0.39 is 0 Å². The minimum Gasteiger partial charge on any atom is -0.378 e. The molecule has 0 aliphatic carbocycles. The highest BCUT2D eigenvalue weighted by molar-refractivity contribution is 6.33. The molecule has 7 heteroatoms. The van der Waals surface area contributed by atoms with E-state index in [4.69, 9.17) is 16.3 Å². The molecule has 1 aromatic carbocycles. The molecule has 0 saturated carbocycles. The minimum absolute atomic E-state index is 0.131. The zero-order chi connectivity index (χ0) is 24.1. The van der Waals surface area contributed by atoms with Gasteiger partial charge in [0.25, 0.3) is 0 Å². The number of H-pyrrole nitrogens is 1. The molecule has 0 atom stereocenters. The smallest absolute Gasteiger partial charge is 0.226 e. The molecule has 6 nitrogen and oxygen atoms in total. The number of aliphatic imine (C=N–C) groups is 1. The quantitative estimate of drug-likeness (QED) is 0.339. The van der Waals surface area contributed by atoms with Gasteiger partial charge in [-0.15, -0.1) is 12.8 Å². The van der Waals surface area contributed by atoms with Crippen LogP contribution in [0.1, 0.15) is 20.3 Å². The number of carbonyl (C=O) groups is 1. The Morgan fingerprint density at radius 2 is 2.03 bits per heavy atom. The van der Waals surface area contributed by atoms with Crippen LogP contribution >= 0.6 is 11.6 Å². The number of hydrogen-bond donors (Lipinski definition) is 1. The molecule has 172 valence electrons. The van der Waals surface area contributed by atoms with Crippen LogP contribution in [0.2, 0.25) is 5.02 Å². The molecule has 3 rings (SSSR count). The number of aromatic amines is 1. The fourth-order valence-electron chi connectivity index (χ4n) is 3.15. The van der Waals surface area contributed by atoms with E-state index in [1.807, 2.05) is 73.4 Å². The van der Waals surface area contributed by atoms with Crippen LogP contribution in [0.5, 0.6) is 0 Å². The van der Waals surface area contributed by atoms with Gasteiger partial charge in [0.15, 0.2) is 5.82 Å². The van der Waals surface area contributed by atoms with Crippen LogP contribution in [0, 0.1) is 12.8 Å². The second-order valence-electron chi connectivity index (χ2n) is 7.10. The summed E-state index contributed by atoms with van der Waals surface area (Å²) in [4.78, 5) is 18.5. The molecule has 0 bridgehead atoms. The first kappa shape index (κ1) is 25.9. The second-order valence-corrected chi connectivity index (χ2v) is 7.50. The Balaban J connectivity index is 0.00000187. The van der Waals surface area contributed by atoms with Gasteiger partial charge >= 0.3 is 0 Å². The minimum atomic E-state index is 0.131. The zero-order valence-electron chi connectivity index (χ0n) is 19.0. The van der Waals surface area contributed by atoms with Crippen LogP contribution in [0.3, 0.4) is 0 Å². The van der Waals surface area contributed by atoms with Crippen molar-refractivity contribution in [3.8, 4) is 24.1 Å². The van der Waals surface area contributed by atoms with Crippen LogP contribution in [0.15, 0.2) is 70.8 Å². The van der Waals surface area contributed by atoms with E-state index in [2.05, 4.69) is 28.0 Å². The van der Waals surface area contributed by atoms with E-state index in [-0.39, 0.29) is 5.91 Å². The van der Waals surface area contributed by atoms with Crippen molar-refractivity contribution in [3.63, 3.8) is 0 Å². The molecule has 1 aromatic heterocycles. The van der Waals surface area contributed by atoms with Crippen LogP contribution in [0.4, 0.5) is 5.82 Å². The number of amides is 1. The maximum Gasteiger partial charge on any atom is 0.226 e. The third-order valence-electron chi connectivity index (χ3n) is 4.97. The summed E-state index contributed by atoms with van der Waals surface area (Å²) in [7, 11) is 0. The first-order valence-corrected chi connectivity index (χ1v) is 11.0. The molecular formula is C26H29ClN4O2. The number of morpholine rings is 1. The van der Waals surface area contributed by atoms with Crippen molar-refractivity contribution in [3.05, 3.63) is 70.8 Å². The Kier molecular flexibility index (Phi) is 10.9. The number of nitrogens with one attached hydrogen (secondary N) is 1. The van der Waals surface area contributed by atoms with E-state index in [0.717, 1.165) is 22.4 Å². The second kappa shape index (κ2) is 13.9. The third-order valence-corrected chi connectivity index (χ3v) is 5.30. The van der Waals surface area contributed by atoms with Gasteiger partial charge in [0, 0.05) is 42.4 Å². The van der Waals surface area contributed by atoms with Gasteiger partial charge in [-0.1, -0.05) is 54.1 Å². The summed E-state index contributed by atoms with van der Waals surface area (Å²) < 4.78 is 5.28. The van der Waals surface area contributed by atoms with E-state index in [9.17, 15) is 4.79 Å². The number of nitrogens with zero attached hydrogens (tertiary/aromatic N) is 3. The number of terminal acetylenes is 1. The van der Waals surface area contributed by atoms with E-state index in [0.29, 0.717) is 43.6 Å². The van der Waals surface area contributed by atoms with E-state index in [1.165, 1.54) is 0 Å². The van der Waals surface area contributed by atoms with Crippen LogP contribution in [-0.4, -0.2) is 53.5 Å². The molecular weight excluding hydrogens is 436 g/mol. The molecule has 0 spiro atoms. The number of allylic oxidation sites excluding steroid dienone is 5. The lowest BCUT2D eigenvalue weighted by molar-refractivity contribution is -0.134. The highest BCUT2D eigenvalue weighted by Gasteiger charge is 2.14. The molecule has 0 radical (unpaired) electrons. The van der Waals surface area contributed by atoms with Crippen LogP contribution in [-0.2, 0) is 9.53 Å². The first-order valence-electron chi connectivity index (χ1n) is 10.6. The Morgan fingerprint density at radius 1 is 1.30 bits per heavy atom. The maximum absolute atomic E-state index is 12.2. The van der Waals surface area contributed by atoms with Gasteiger partial charge in [-0.3, -0.25) is 9.89 Å². The summed E-state index contributed by atoms with van der Waals surface area (Å²) in [5.74, 6) is 0.708. The average molecular weight is 465 g/mol. The molecule has 1 aliphatic rings. The molecule has 33 heavy (non-hydrogen) atoms. The summed E-state index contributed by atoms with van der Waals surface area (Å²) in [6, 6.07) is 9.46.